The van der Waals surface area contributed by atoms with Crippen molar-refractivity contribution in [1.82, 2.24) is 20.0 Å². The number of carbonyl (C=O) groups is 1. The van der Waals surface area contributed by atoms with Crippen LogP contribution in [0.2, 0.25) is 0 Å². The Morgan fingerprint density at radius 1 is 1.37 bits per heavy atom. The summed E-state index contributed by atoms with van der Waals surface area (Å²) in [6.07, 6.45) is 0. The fourth-order valence-electron chi connectivity index (χ4n) is 2.67. The maximum Gasteiger partial charge on any atom is 0.258 e. The van der Waals surface area contributed by atoms with E-state index in [-0.39, 0.29) is 18.0 Å². The average molecular weight is 371 g/mol. The van der Waals surface area contributed by atoms with Gasteiger partial charge in [-0.15, -0.1) is 0 Å². The van der Waals surface area contributed by atoms with Crippen LogP contribution in [0.15, 0.2) is 39.6 Å². The number of aromatic nitrogens is 3. The molecule has 0 spiro atoms. The van der Waals surface area contributed by atoms with Crippen molar-refractivity contribution >= 4 is 22.6 Å². The predicted octanol–water partition coefficient (Wildman–Crippen LogP) is 1.31. The molecular weight excluding hydrogens is 350 g/mol. The molecule has 1 amide bonds. The summed E-state index contributed by atoms with van der Waals surface area (Å²) in [4.78, 5) is 33.6. The number of hydrogen-bond donors (Lipinski definition) is 2. The molecule has 2 heterocycles. The first kappa shape index (κ1) is 18.7. The Kier molecular flexibility index (Phi) is 5.94. The van der Waals surface area contributed by atoms with Gasteiger partial charge in [0.15, 0.2) is 5.82 Å². The number of H-pyrrole nitrogens is 1. The lowest BCUT2D eigenvalue weighted by Gasteiger charge is -2.20. The number of fused-ring (bicyclic) bond motifs is 1. The monoisotopic (exact) mass is 371 g/mol. The van der Waals surface area contributed by atoms with Crippen LogP contribution in [0.3, 0.4) is 0 Å². The standard InChI is InChI=1S/C18H21N5O4/c1-12-9-15(22-27-12)20-17(24)11-23(7-8-26-2)10-16-19-14-6-4-3-5-13(14)18(25)21-16/h3-6,9H,7-8,10-11H2,1-2H3,(H,19,21,25)(H,20,22,24). The quantitative estimate of drug-likeness (QED) is 0.614. The number of para-hydroxylation sites is 1. The number of carbonyl (C=O) groups excluding carboxylic acids is 1. The molecule has 3 rings (SSSR count). The minimum atomic E-state index is -0.248. The summed E-state index contributed by atoms with van der Waals surface area (Å²) in [5.41, 5.74) is 0.412. The predicted molar refractivity (Wildman–Crippen MR) is 99.4 cm³/mol. The molecule has 27 heavy (non-hydrogen) atoms. The van der Waals surface area contributed by atoms with Gasteiger partial charge < -0.3 is 19.6 Å². The number of nitrogens with zero attached hydrogens (tertiary/aromatic N) is 3. The third-order valence-electron chi connectivity index (χ3n) is 3.91. The molecular formula is C18H21N5O4. The first-order valence-electron chi connectivity index (χ1n) is 8.47. The summed E-state index contributed by atoms with van der Waals surface area (Å²) in [5.74, 6) is 1.21. The third kappa shape index (κ3) is 4.99. The first-order chi connectivity index (χ1) is 13.0. The van der Waals surface area contributed by atoms with E-state index in [2.05, 4.69) is 20.4 Å². The van der Waals surface area contributed by atoms with Gasteiger partial charge in [0, 0.05) is 19.7 Å². The van der Waals surface area contributed by atoms with E-state index in [9.17, 15) is 9.59 Å². The largest absolute Gasteiger partial charge is 0.383 e. The van der Waals surface area contributed by atoms with Crippen molar-refractivity contribution in [2.45, 2.75) is 13.5 Å². The van der Waals surface area contributed by atoms with E-state index >= 15 is 0 Å². The Balaban J connectivity index is 1.72. The van der Waals surface area contributed by atoms with Gasteiger partial charge in [0.25, 0.3) is 5.56 Å². The lowest BCUT2D eigenvalue weighted by molar-refractivity contribution is -0.117. The van der Waals surface area contributed by atoms with Crippen LogP contribution in [0, 0.1) is 6.92 Å². The smallest absolute Gasteiger partial charge is 0.258 e. The topological polar surface area (TPSA) is 113 Å². The minimum absolute atomic E-state index is 0.0891. The number of hydrogen-bond acceptors (Lipinski definition) is 7. The molecule has 0 saturated heterocycles. The molecule has 0 atom stereocenters. The van der Waals surface area contributed by atoms with Gasteiger partial charge in [0.2, 0.25) is 5.91 Å². The minimum Gasteiger partial charge on any atom is -0.383 e. The van der Waals surface area contributed by atoms with Crippen molar-refractivity contribution in [2.24, 2.45) is 0 Å². The molecule has 142 valence electrons. The number of ether oxygens (including phenoxy) is 1. The van der Waals surface area contributed by atoms with Gasteiger partial charge in [-0.1, -0.05) is 17.3 Å². The molecule has 2 N–H and O–H groups in total. The first-order valence-corrected chi connectivity index (χ1v) is 8.47. The van der Waals surface area contributed by atoms with Crippen molar-refractivity contribution in [3.63, 3.8) is 0 Å². The highest BCUT2D eigenvalue weighted by molar-refractivity contribution is 5.91. The highest BCUT2D eigenvalue weighted by atomic mass is 16.5. The molecule has 0 bridgehead atoms. The molecule has 0 fully saturated rings. The van der Waals surface area contributed by atoms with Gasteiger partial charge in [0.05, 0.1) is 30.6 Å². The normalized spacial score (nSPS) is 11.2. The second-order valence-electron chi connectivity index (χ2n) is 6.10. The maximum absolute atomic E-state index is 12.3. The molecule has 1 aromatic carbocycles. The van der Waals surface area contributed by atoms with Gasteiger partial charge in [-0.2, -0.15) is 0 Å². The molecule has 0 unspecified atom stereocenters. The zero-order chi connectivity index (χ0) is 19.2. The van der Waals surface area contributed by atoms with E-state index in [4.69, 9.17) is 9.26 Å². The molecule has 0 aliphatic heterocycles. The number of aromatic amines is 1. The van der Waals surface area contributed by atoms with Crippen molar-refractivity contribution in [1.29, 1.82) is 0 Å². The highest BCUT2D eigenvalue weighted by Gasteiger charge is 2.15. The summed E-state index contributed by atoms with van der Waals surface area (Å²) >= 11 is 0. The molecule has 0 radical (unpaired) electrons. The number of rotatable bonds is 8. The molecule has 3 aromatic rings. The number of anilines is 1. The highest BCUT2D eigenvalue weighted by Crippen LogP contribution is 2.09. The SMILES string of the molecule is COCCN(CC(=O)Nc1cc(C)on1)Cc1nc2ccccc2c(=O)[nH]1. The Hall–Kier alpha value is -3.04. The summed E-state index contributed by atoms with van der Waals surface area (Å²) in [7, 11) is 1.59. The number of methoxy groups -OCH3 is 1. The summed E-state index contributed by atoms with van der Waals surface area (Å²) in [5, 5.41) is 6.95. The molecule has 0 aliphatic rings. The Labute approximate surface area is 155 Å². The maximum atomic E-state index is 12.3. The summed E-state index contributed by atoms with van der Waals surface area (Å²) in [6.45, 7) is 3.07. The number of benzene rings is 1. The summed E-state index contributed by atoms with van der Waals surface area (Å²) in [6, 6.07) is 8.77. The molecule has 0 saturated carbocycles. The lowest BCUT2D eigenvalue weighted by atomic mass is 10.2. The van der Waals surface area contributed by atoms with Gasteiger partial charge in [-0.3, -0.25) is 14.5 Å². The summed E-state index contributed by atoms with van der Waals surface area (Å²) < 4.78 is 10.1. The van der Waals surface area contributed by atoms with E-state index in [1.807, 2.05) is 11.0 Å². The fraction of sp³-hybridized carbons (Fsp3) is 0.333. The Morgan fingerprint density at radius 3 is 2.93 bits per heavy atom. The van der Waals surface area contributed by atoms with Gasteiger partial charge in [-0.25, -0.2) is 4.98 Å². The van der Waals surface area contributed by atoms with Crippen LogP contribution in [-0.2, 0) is 16.1 Å². The zero-order valence-corrected chi connectivity index (χ0v) is 15.2. The van der Waals surface area contributed by atoms with Gasteiger partial charge in [0.1, 0.15) is 11.6 Å². The third-order valence-corrected chi connectivity index (χ3v) is 3.91. The molecule has 9 nitrogen and oxygen atoms in total. The van der Waals surface area contributed by atoms with E-state index in [0.717, 1.165) is 0 Å². The second kappa shape index (κ2) is 8.56. The van der Waals surface area contributed by atoms with Crippen LogP contribution in [0.1, 0.15) is 11.6 Å². The van der Waals surface area contributed by atoms with E-state index in [1.54, 1.807) is 38.3 Å². The van der Waals surface area contributed by atoms with Crippen LogP contribution in [0.5, 0.6) is 0 Å². The van der Waals surface area contributed by atoms with Crippen LogP contribution in [0.25, 0.3) is 10.9 Å². The van der Waals surface area contributed by atoms with Gasteiger partial charge >= 0.3 is 0 Å². The number of nitrogens with one attached hydrogen (secondary N) is 2. The Morgan fingerprint density at radius 2 is 2.19 bits per heavy atom. The van der Waals surface area contributed by atoms with E-state index in [1.165, 1.54) is 0 Å². The average Bonchev–Trinajstić information content (AvgIpc) is 3.04. The molecule has 2 aromatic heterocycles. The van der Waals surface area contributed by atoms with Crippen LogP contribution in [-0.4, -0.2) is 52.7 Å². The second-order valence-corrected chi connectivity index (χ2v) is 6.10. The Bertz CT molecular complexity index is 981. The van der Waals surface area contributed by atoms with Crippen molar-refractivity contribution in [3.8, 4) is 0 Å². The molecule has 0 aliphatic carbocycles. The zero-order valence-electron chi connectivity index (χ0n) is 15.2. The van der Waals surface area contributed by atoms with Crippen molar-refractivity contribution < 1.29 is 14.1 Å². The van der Waals surface area contributed by atoms with Crippen LogP contribution >= 0.6 is 0 Å². The van der Waals surface area contributed by atoms with Crippen molar-refractivity contribution in [3.05, 3.63) is 52.3 Å². The number of amides is 1. The lowest BCUT2D eigenvalue weighted by Crippen LogP contribution is -2.36. The van der Waals surface area contributed by atoms with E-state index < -0.39 is 0 Å². The van der Waals surface area contributed by atoms with E-state index in [0.29, 0.717) is 48.0 Å². The van der Waals surface area contributed by atoms with Crippen LogP contribution < -0.4 is 10.9 Å². The fourth-order valence-corrected chi connectivity index (χ4v) is 2.67. The molecule has 9 heteroatoms. The van der Waals surface area contributed by atoms with Crippen molar-refractivity contribution in [2.75, 3.05) is 32.1 Å². The van der Waals surface area contributed by atoms with Gasteiger partial charge in [-0.05, 0) is 19.1 Å². The van der Waals surface area contributed by atoms with Crippen LogP contribution in [0.4, 0.5) is 5.82 Å². The number of aryl methyl sites for hydroxylation is 1.